The third-order valence-corrected chi connectivity index (χ3v) is 7.07. The van der Waals surface area contributed by atoms with Crippen molar-refractivity contribution in [1.29, 1.82) is 0 Å². The molecular formula is C28H24N2O2. The van der Waals surface area contributed by atoms with Gasteiger partial charge in [0.25, 0.3) is 0 Å². The van der Waals surface area contributed by atoms with E-state index < -0.39 is 5.92 Å². The van der Waals surface area contributed by atoms with Crippen molar-refractivity contribution in [3.05, 3.63) is 102 Å². The Kier molecular flexibility index (Phi) is 4.29. The summed E-state index contributed by atoms with van der Waals surface area (Å²) >= 11 is 0. The summed E-state index contributed by atoms with van der Waals surface area (Å²) in [5, 5.41) is 1.20. The lowest BCUT2D eigenvalue weighted by Gasteiger charge is -2.29. The number of aromatic nitrogens is 1. The van der Waals surface area contributed by atoms with Gasteiger partial charge in [0.1, 0.15) is 0 Å². The molecule has 4 aromatic rings. The molecule has 0 bridgehead atoms. The van der Waals surface area contributed by atoms with E-state index in [1.165, 1.54) is 21.4 Å². The lowest BCUT2D eigenvalue weighted by Crippen LogP contribution is -2.30. The molecular weight excluding hydrogens is 396 g/mol. The van der Waals surface area contributed by atoms with Crippen LogP contribution in [0.5, 0.6) is 0 Å². The van der Waals surface area contributed by atoms with Crippen LogP contribution in [0.3, 0.4) is 0 Å². The van der Waals surface area contributed by atoms with Crippen LogP contribution in [-0.2, 0) is 16.1 Å². The number of imide groups is 1. The molecule has 1 fully saturated rings. The van der Waals surface area contributed by atoms with E-state index in [2.05, 4.69) is 47.9 Å². The average Bonchev–Trinajstić information content (AvgIpc) is 3.27. The molecule has 2 amide bonds. The Bertz CT molecular complexity index is 1340. The van der Waals surface area contributed by atoms with E-state index in [-0.39, 0.29) is 23.7 Å². The van der Waals surface area contributed by atoms with Crippen LogP contribution in [0, 0.1) is 5.92 Å². The van der Waals surface area contributed by atoms with Crippen molar-refractivity contribution in [2.75, 3.05) is 4.90 Å². The minimum atomic E-state index is -0.440. The molecule has 0 N–H and O–H groups in total. The molecule has 3 aromatic carbocycles. The topological polar surface area (TPSA) is 42.3 Å². The van der Waals surface area contributed by atoms with Crippen molar-refractivity contribution in [1.82, 2.24) is 4.57 Å². The van der Waals surface area contributed by atoms with Crippen LogP contribution in [0.1, 0.15) is 42.0 Å². The first-order chi connectivity index (χ1) is 15.6. The molecule has 1 saturated heterocycles. The number of amides is 2. The maximum Gasteiger partial charge on any atom is 0.243 e. The summed E-state index contributed by atoms with van der Waals surface area (Å²) < 4.78 is 2.28. The van der Waals surface area contributed by atoms with Gasteiger partial charge in [-0.3, -0.25) is 9.59 Å². The van der Waals surface area contributed by atoms with Gasteiger partial charge >= 0.3 is 0 Å². The number of benzene rings is 3. The standard InChI is InChI=1S/C28H24N2O2/c1-18-16-22-25(28(32)30(27(22)31)20-12-6-3-7-13-20)26-24(18)21-14-8-9-15-23(21)29(26)17-19-10-4-2-5-11-19/h2-15,18,22,25H,16-17H2,1H3/t18-,22+,25-/m0/s1. The molecule has 0 radical (unpaired) electrons. The lowest BCUT2D eigenvalue weighted by molar-refractivity contribution is -0.122. The van der Waals surface area contributed by atoms with Gasteiger partial charge in [-0.05, 0) is 41.7 Å². The quantitative estimate of drug-likeness (QED) is 0.413. The zero-order chi connectivity index (χ0) is 21.8. The summed E-state index contributed by atoms with van der Waals surface area (Å²) in [5.41, 5.74) is 5.23. The summed E-state index contributed by atoms with van der Waals surface area (Å²) in [6.07, 6.45) is 0.699. The highest BCUT2D eigenvalue weighted by Gasteiger charge is 2.54. The summed E-state index contributed by atoms with van der Waals surface area (Å²) in [5.74, 6) is -0.716. The van der Waals surface area contributed by atoms with Crippen molar-refractivity contribution in [2.45, 2.75) is 31.7 Å². The molecule has 1 aliphatic heterocycles. The predicted molar refractivity (Wildman–Crippen MR) is 126 cm³/mol. The Morgan fingerprint density at radius 3 is 2.22 bits per heavy atom. The fourth-order valence-corrected chi connectivity index (χ4v) is 5.74. The molecule has 0 spiro atoms. The number of hydrogen-bond acceptors (Lipinski definition) is 2. The molecule has 2 heterocycles. The average molecular weight is 421 g/mol. The second kappa shape index (κ2) is 7.20. The van der Waals surface area contributed by atoms with Gasteiger partial charge in [-0.1, -0.05) is 73.7 Å². The van der Waals surface area contributed by atoms with Gasteiger partial charge in [0.15, 0.2) is 0 Å². The fraction of sp³-hybridized carbons (Fsp3) is 0.214. The van der Waals surface area contributed by atoms with Crippen molar-refractivity contribution >= 4 is 28.4 Å². The Morgan fingerprint density at radius 2 is 1.47 bits per heavy atom. The maximum absolute atomic E-state index is 13.8. The fourth-order valence-electron chi connectivity index (χ4n) is 5.74. The first-order valence-electron chi connectivity index (χ1n) is 11.2. The van der Waals surface area contributed by atoms with Crippen molar-refractivity contribution in [3.8, 4) is 0 Å². The number of rotatable bonds is 3. The Labute approximate surface area is 187 Å². The summed E-state index contributed by atoms with van der Waals surface area (Å²) in [7, 11) is 0. The Morgan fingerprint density at radius 1 is 0.812 bits per heavy atom. The van der Waals surface area contributed by atoms with Crippen molar-refractivity contribution in [3.63, 3.8) is 0 Å². The lowest BCUT2D eigenvalue weighted by atomic mass is 9.74. The third-order valence-electron chi connectivity index (χ3n) is 7.07. The molecule has 32 heavy (non-hydrogen) atoms. The van der Waals surface area contributed by atoms with Crippen LogP contribution in [0.2, 0.25) is 0 Å². The van der Waals surface area contributed by atoms with Gasteiger partial charge in [-0.2, -0.15) is 0 Å². The normalized spacial score (nSPS) is 22.3. The van der Waals surface area contributed by atoms with E-state index in [9.17, 15) is 9.59 Å². The number of anilines is 1. The van der Waals surface area contributed by atoms with Crippen LogP contribution < -0.4 is 4.90 Å². The van der Waals surface area contributed by atoms with Crippen LogP contribution in [-0.4, -0.2) is 16.4 Å². The van der Waals surface area contributed by atoms with Gasteiger partial charge in [-0.25, -0.2) is 4.90 Å². The molecule has 1 aliphatic carbocycles. The van der Waals surface area contributed by atoms with Gasteiger partial charge < -0.3 is 4.57 Å². The molecule has 1 aromatic heterocycles. The van der Waals surface area contributed by atoms with Crippen molar-refractivity contribution in [2.24, 2.45) is 5.92 Å². The molecule has 4 nitrogen and oxygen atoms in total. The number of nitrogens with zero attached hydrogens (tertiary/aromatic N) is 2. The van der Waals surface area contributed by atoms with E-state index in [4.69, 9.17) is 0 Å². The Hall–Kier alpha value is -3.66. The van der Waals surface area contributed by atoms with Crippen molar-refractivity contribution < 1.29 is 9.59 Å². The first-order valence-corrected chi connectivity index (χ1v) is 11.2. The van der Waals surface area contributed by atoms with Gasteiger partial charge in [0, 0.05) is 23.1 Å². The van der Waals surface area contributed by atoms with Gasteiger partial charge in [0.2, 0.25) is 11.8 Å². The smallest absolute Gasteiger partial charge is 0.243 e. The summed E-state index contributed by atoms with van der Waals surface area (Å²) in [6.45, 7) is 2.87. The zero-order valence-electron chi connectivity index (χ0n) is 17.9. The van der Waals surface area contributed by atoms with Crippen LogP contribution in [0.25, 0.3) is 10.9 Å². The molecule has 158 valence electrons. The molecule has 4 heteroatoms. The summed E-state index contributed by atoms with van der Waals surface area (Å²) in [6, 6.07) is 28.1. The Balaban J connectivity index is 1.57. The van der Waals surface area contributed by atoms with Crippen LogP contribution >= 0.6 is 0 Å². The number of carbonyl (C=O) groups excluding carboxylic acids is 2. The highest BCUT2D eigenvalue weighted by molar-refractivity contribution is 6.24. The zero-order valence-corrected chi connectivity index (χ0v) is 17.9. The number of carbonyl (C=O) groups is 2. The van der Waals surface area contributed by atoms with E-state index in [0.29, 0.717) is 18.7 Å². The largest absolute Gasteiger partial charge is 0.339 e. The minimum absolute atomic E-state index is 0.0692. The monoisotopic (exact) mass is 420 g/mol. The number of fused-ring (bicyclic) bond motifs is 5. The van der Waals surface area contributed by atoms with Gasteiger partial charge in [0.05, 0.1) is 17.5 Å². The minimum Gasteiger partial charge on any atom is -0.339 e. The maximum atomic E-state index is 13.8. The van der Waals surface area contributed by atoms with E-state index in [1.807, 2.05) is 48.5 Å². The SMILES string of the molecule is C[C@H]1C[C@H]2C(=O)N(c3ccccc3)C(=O)[C@@H]2c2c1c1ccccc1n2Cc1ccccc1. The van der Waals surface area contributed by atoms with E-state index >= 15 is 0 Å². The van der Waals surface area contributed by atoms with Crippen LogP contribution in [0.4, 0.5) is 5.69 Å². The van der Waals surface area contributed by atoms with Crippen LogP contribution in [0.15, 0.2) is 84.9 Å². The first kappa shape index (κ1) is 19.1. The second-order valence-corrected chi connectivity index (χ2v) is 8.96. The highest BCUT2D eigenvalue weighted by atomic mass is 16.2. The van der Waals surface area contributed by atoms with Gasteiger partial charge in [-0.15, -0.1) is 0 Å². The summed E-state index contributed by atoms with van der Waals surface area (Å²) in [4.78, 5) is 28.7. The molecule has 2 aliphatic rings. The molecule has 3 atom stereocenters. The second-order valence-electron chi connectivity index (χ2n) is 8.96. The molecule has 0 saturated carbocycles. The van der Waals surface area contributed by atoms with E-state index in [0.717, 1.165) is 11.2 Å². The highest BCUT2D eigenvalue weighted by Crippen LogP contribution is 2.51. The molecule has 6 rings (SSSR count). The molecule has 0 unspecified atom stereocenters. The third kappa shape index (κ3) is 2.69. The predicted octanol–water partition coefficient (Wildman–Crippen LogP) is 5.47. The number of hydrogen-bond donors (Lipinski definition) is 0. The number of para-hydroxylation sites is 2. The van der Waals surface area contributed by atoms with E-state index in [1.54, 1.807) is 0 Å².